The fourth-order valence-electron chi connectivity index (χ4n) is 2.36. The van der Waals surface area contributed by atoms with Crippen molar-refractivity contribution in [1.82, 2.24) is 5.32 Å². The van der Waals surface area contributed by atoms with Crippen LogP contribution in [0, 0.1) is 5.92 Å². The van der Waals surface area contributed by atoms with Crippen LogP contribution >= 0.6 is 0 Å². The molecule has 0 bridgehead atoms. The van der Waals surface area contributed by atoms with Gasteiger partial charge in [0.15, 0.2) is 0 Å². The van der Waals surface area contributed by atoms with E-state index in [9.17, 15) is 9.59 Å². The van der Waals surface area contributed by atoms with E-state index in [1.807, 2.05) is 13.8 Å². The van der Waals surface area contributed by atoms with Crippen LogP contribution in [0.25, 0.3) is 0 Å². The minimum Gasteiger partial charge on any atom is -0.353 e. The molecule has 0 aromatic heterocycles. The molecule has 0 aromatic carbocycles. The average Bonchev–Trinajstić information content (AvgIpc) is 2.69. The second kappa shape index (κ2) is 5.89. The molecule has 1 N–H and O–H groups in total. The zero-order valence-corrected chi connectivity index (χ0v) is 9.71. The summed E-state index contributed by atoms with van der Waals surface area (Å²) in [6.07, 6.45) is 5.04. The molecular formula is C12H21NO2. The number of hydrogen-bond donors (Lipinski definition) is 1. The van der Waals surface area contributed by atoms with Gasteiger partial charge in [0.05, 0.1) is 0 Å². The van der Waals surface area contributed by atoms with E-state index in [1.54, 1.807) is 0 Å². The summed E-state index contributed by atoms with van der Waals surface area (Å²) in [7, 11) is 0. The number of Topliss-reactive ketones (excluding diaryl/α,β-unsaturated/α-hetero) is 1. The smallest absolute Gasteiger partial charge is 0.220 e. The summed E-state index contributed by atoms with van der Waals surface area (Å²) in [4.78, 5) is 22.0. The first kappa shape index (κ1) is 12.2. The van der Waals surface area contributed by atoms with E-state index in [0.29, 0.717) is 24.2 Å². The molecular weight excluding hydrogens is 190 g/mol. The van der Waals surface area contributed by atoms with Crippen LogP contribution in [0.1, 0.15) is 52.4 Å². The molecule has 1 atom stereocenters. The van der Waals surface area contributed by atoms with Crippen LogP contribution in [0.15, 0.2) is 0 Å². The van der Waals surface area contributed by atoms with Gasteiger partial charge in [-0.15, -0.1) is 0 Å². The highest BCUT2D eigenvalue weighted by Crippen LogP contribution is 2.28. The maximum Gasteiger partial charge on any atom is 0.220 e. The molecule has 3 nitrogen and oxygen atoms in total. The minimum atomic E-state index is 0.182. The van der Waals surface area contributed by atoms with Crippen molar-refractivity contribution in [2.75, 3.05) is 0 Å². The summed E-state index contributed by atoms with van der Waals surface area (Å²) >= 11 is 0. The van der Waals surface area contributed by atoms with Gasteiger partial charge in [-0.3, -0.25) is 9.59 Å². The summed E-state index contributed by atoms with van der Waals surface area (Å²) < 4.78 is 0. The maximum absolute atomic E-state index is 11.0. The van der Waals surface area contributed by atoms with Gasteiger partial charge in [0.2, 0.25) is 5.91 Å². The number of nitrogens with one attached hydrogen (secondary N) is 1. The van der Waals surface area contributed by atoms with E-state index < -0.39 is 0 Å². The molecule has 3 heteroatoms. The average molecular weight is 211 g/mol. The normalized spacial score (nSPS) is 26.9. The van der Waals surface area contributed by atoms with Crippen LogP contribution in [-0.4, -0.2) is 17.7 Å². The number of hydrogen-bond acceptors (Lipinski definition) is 2. The Balaban J connectivity index is 0.000000531. The molecule has 1 unspecified atom stereocenters. The molecule has 0 spiro atoms. The fraction of sp³-hybridized carbons (Fsp3) is 0.833. The number of ketones is 1. The molecule has 0 radical (unpaired) electrons. The third-order valence-corrected chi connectivity index (χ3v) is 3.19. The van der Waals surface area contributed by atoms with Gasteiger partial charge in [-0.05, 0) is 25.2 Å². The Morgan fingerprint density at radius 1 is 1.00 bits per heavy atom. The summed E-state index contributed by atoms with van der Waals surface area (Å²) in [5.41, 5.74) is 0. The van der Waals surface area contributed by atoms with Crippen molar-refractivity contribution in [3.8, 4) is 0 Å². The van der Waals surface area contributed by atoms with Crippen LogP contribution in [0.5, 0.6) is 0 Å². The van der Waals surface area contributed by atoms with Gasteiger partial charge in [-0.2, -0.15) is 0 Å². The highest BCUT2D eigenvalue weighted by molar-refractivity contribution is 5.80. The second-order valence-electron chi connectivity index (χ2n) is 4.09. The van der Waals surface area contributed by atoms with Crippen LogP contribution in [0.3, 0.4) is 0 Å². The van der Waals surface area contributed by atoms with E-state index >= 15 is 0 Å². The quantitative estimate of drug-likeness (QED) is 0.721. The van der Waals surface area contributed by atoms with Crippen molar-refractivity contribution in [3.05, 3.63) is 0 Å². The number of amides is 1. The van der Waals surface area contributed by atoms with E-state index in [4.69, 9.17) is 0 Å². The van der Waals surface area contributed by atoms with Crippen molar-refractivity contribution >= 4 is 11.7 Å². The molecule has 1 aliphatic heterocycles. The highest BCUT2D eigenvalue weighted by atomic mass is 16.2. The van der Waals surface area contributed by atoms with Crippen LogP contribution in [-0.2, 0) is 9.59 Å². The topological polar surface area (TPSA) is 46.2 Å². The number of rotatable bonds is 1. The largest absolute Gasteiger partial charge is 0.353 e. The molecule has 86 valence electrons. The molecule has 2 fully saturated rings. The van der Waals surface area contributed by atoms with E-state index in [-0.39, 0.29) is 5.91 Å². The lowest BCUT2D eigenvalue weighted by Gasteiger charge is -2.26. The van der Waals surface area contributed by atoms with Crippen molar-refractivity contribution in [3.63, 3.8) is 0 Å². The van der Waals surface area contributed by atoms with Crippen molar-refractivity contribution in [2.24, 2.45) is 5.92 Å². The summed E-state index contributed by atoms with van der Waals surface area (Å²) in [5.74, 6) is 1.13. The summed E-state index contributed by atoms with van der Waals surface area (Å²) in [5, 5.41) is 2.99. The van der Waals surface area contributed by atoms with E-state index in [1.165, 1.54) is 0 Å². The Labute approximate surface area is 91.6 Å². The lowest BCUT2D eigenvalue weighted by atomic mass is 9.83. The van der Waals surface area contributed by atoms with Crippen LogP contribution in [0.2, 0.25) is 0 Å². The molecule has 1 aliphatic carbocycles. The molecule has 15 heavy (non-hydrogen) atoms. The van der Waals surface area contributed by atoms with Crippen molar-refractivity contribution in [2.45, 2.75) is 58.4 Å². The molecule has 2 aliphatic rings. The standard InChI is InChI=1S/C10H15NO2.C2H6/c12-8-3-1-7(2-4-8)9-5-6-10(13)11-9;1-2/h7,9H,1-6H2,(H,11,13);1-2H3. The van der Waals surface area contributed by atoms with Gasteiger partial charge in [-0.1, -0.05) is 13.8 Å². The Bertz CT molecular complexity index is 228. The van der Waals surface area contributed by atoms with E-state index in [2.05, 4.69) is 5.32 Å². The third-order valence-electron chi connectivity index (χ3n) is 3.19. The monoisotopic (exact) mass is 211 g/mol. The Kier molecular flexibility index (Phi) is 4.79. The maximum atomic E-state index is 11.0. The van der Waals surface area contributed by atoms with Gasteiger partial charge in [0.1, 0.15) is 5.78 Å². The lowest BCUT2D eigenvalue weighted by molar-refractivity contribution is -0.121. The van der Waals surface area contributed by atoms with Gasteiger partial charge in [-0.25, -0.2) is 0 Å². The second-order valence-corrected chi connectivity index (χ2v) is 4.09. The molecule has 2 rings (SSSR count). The first-order chi connectivity index (χ1) is 7.25. The van der Waals surface area contributed by atoms with Crippen LogP contribution in [0.4, 0.5) is 0 Å². The predicted octanol–water partition coefficient (Wildman–Crippen LogP) is 2.05. The molecule has 0 aromatic rings. The molecule has 1 saturated heterocycles. The zero-order valence-electron chi connectivity index (χ0n) is 9.71. The summed E-state index contributed by atoms with van der Waals surface area (Å²) in [6, 6.07) is 0.362. The third kappa shape index (κ3) is 3.33. The first-order valence-corrected chi connectivity index (χ1v) is 6.07. The minimum absolute atomic E-state index is 0.182. The van der Waals surface area contributed by atoms with Gasteiger partial charge >= 0.3 is 0 Å². The molecule has 1 amide bonds. The SMILES string of the molecule is CC.O=C1CCC(C2CCC(=O)N2)CC1. The zero-order chi connectivity index (χ0) is 11.3. The Morgan fingerprint density at radius 2 is 1.60 bits per heavy atom. The summed E-state index contributed by atoms with van der Waals surface area (Å²) in [6.45, 7) is 4.00. The highest BCUT2D eigenvalue weighted by Gasteiger charge is 2.31. The molecule has 1 saturated carbocycles. The Morgan fingerprint density at radius 3 is 2.07 bits per heavy atom. The van der Waals surface area contributed by atoms with Gasteiger partial charge in [0.25, 0.3) is 0 Å². The van der Waals surface area contributed by atoms with Crippen LogP contribution < -0.4 is 5.32 Å². The molecule has 1 heterocycles. The number of carbonyl (C=O) groups excluding carboxylic acids is 2. The first-order valence-electron chi connectivity index (χ1n) is 6.07. The van der Waals surface area contributed by atoms with E-state index in [0.717, 1.165) is 32.1 Å². The van der Waals surface area contributed by atoms with Gasteiger partial charge in [0, 0.05) is 25.3 Å². The lowest BCUT2D eigenvalue weighted by Crippen LogP contribution is -2.35. The fourth-order valence-corrected chi connectivity index (χ4v) is 2.36. The van der Waals surface area contributed by atoms with Gasteiger partial charge < -0.3 is 5.32 Å². The predicted molar refractivity (Wildman–Crippen MR) is 59.5 cm³/mol. The van der Waals surface area contributed by atoms with Crippen molar-refractivity contribution < 1.29 is 9.59 Å². The van der Waals surface area contributed by atoms with Crippen molar-refractivity contribution in [1.29, 1.82) is 0 Å². The Hall–Kier alpha value is -0.860. The number of carbonyl (C=O) groups is 2.